The lowest BCUT2D eigenvalue weighted by Crippen LogP contribution is -2.03. The first-order valence-electron chi connectivity index (χ1n) is 7.33. The van der Waals surface area contributed by atoms with E-state index in [1.54, 1.807) is 13.2 Å². The van der Waals surface area contributed by atoms with E-state index >= 15 is 0 Å². The summed E-state index contributed by atoms with van der Waals surface area (Å²) >= 11 is 1.49. The molecular formula is C18H17NO3S. The van der Waals surface area contributed by atoms with Crippen LogP contribution in [0, 0.1) is 0 Å². The van der Waals surface area contributed by atoms with Gasteiger partial charge >= 0.3 is 5.97 Å². The van der Waals surface area contributed by atoms with Gasteiger partial charge in [-0.1, -0.05) is 26.0 Å². The van der Waals surface area contributed by atoms with E-state index in [2.05, 4.69) is 18.8 Å². The number of nitrogens with zero attached hydrogens (tertiary/aromatic N) is 1. The lowest BCUT2D eigenvalue weighted by Gasteiger charge is -2.12. The highest BCUT2D eigenvalue weighted by molar-refractivity contribution is 7.12. The third-order valence-corrected chi connectivity index (χ3v) is 4.39. The van der Waals surface area contributed by atoms with Crippen molar-refractivity contribution in [2.45, 2.75) is 19.8 Å². The number of esters is 1. The molecule has 4 nitrogen and oxygen atoms in total. The molecule has 0 amide bonds. The lowest BCUT2D eigenvalue weighted by atomic mass is 9.99. The van der Waals surface area contributed by atoms with Crippen LogP contribution in [0.15, 0.2) is 46.4 Å². The Balaban J connectivity index is 1.95. The summed E-state index contributed by atoms with van der Waals surface area (Å²) in [5.41, 5.74) is 2.31. The van der Waals surface area contributed by atoms with E-state index in [4.69, 9.17) is 9.47 Å². The molecule has 0 bridgehead atoms. The van der Waals surface area contributed by atoms with Crippen molar-refractivity contribution >= 4 is 29.3 Å². The maximum atomic E-state index is 12.0. The van der Waals surface area contributed by atoms with Crippen molar-refractivity contribution in [1.29, 1.82) is 0 Å². The average Bonchev–Trinajstić information content (AvgIpc) is 3.17. The summed E-state index contributed by atoms with van der Waals surface area (Å²) in [5.74, 6) is 1.12. The quantitative estimate of drug-likeness (QED) is 0.624. The number of methoxy groups -OCH3 is 1. The summed E-state index contributed by atoms with van der Waals surface area (Å²) in [4.78, 5) is 17.2. The zero-order chi connectivity index (χ0) is 16.4. The number of cyclic esters (lactones) is 1. The number of thiophene rings is 1. The van der Waals surface area contributed by atoms with Crippen molar-refractivity contribution in [3.8, 4) is 5.75 Å². The SMILES string of the molecule is COc1ccc(/C=C2/N=C(c3cccs3)OC2=O)cc1C(C)C. The topological polar surface area (TPSA) is 47.9 Å². The molecule has 0 fully saturated rings. The van der Waals surface area contributed by atoms with Gasteiger partial charge in [0.1, 0.15) is 5.75 Å². The van der Waals surface area contributed by atoms with E-state index in [0.29, 0.717) is 17.5 Å². The van der Waals surface area contributed by atoms with Gasteiger partial charge in [-0.05, 0) is 46.7 Å². The number of ether oxygens (including phenoxy) is 2. The first kappa shape index (κ1) is 15.5. The summed E-state index contributed by atoms with van der Waals surface area (Å²) in [6.07, 6.45) is 1.74. The van der Waals surface area contributed by atoms with Crippen LogP contribution in [0.5, 0.6) is 5.75 Å². The molecule has 1 aromatic heterocycles. The largest absolute Gasteiger partial charge is 0.496 e. The first-order valence-corrected chi connectivity index (χ1v) is 8.21. The standard InChI is InChI=1S/C18H17NO3S/c1-11(2)13-9-12(6-7-15(13)21-3)10-14-18(20)22-17(19-14)16-5-4-8-23-16/h4-11H,1-3H3/b14-10+. The molecule has 118 valence electrons. The van der Waals surface area contributed by atoms with Gasteiger partial charge in [-0.3, -0.25) is 0 Å². The van der Waals surface area contributed by atoms with Gasteiger partial charge in [-0.15, -0.1) is 11.3 Å². The van der Waals surface area contributed by atoms with Crippen molar-refractivity contribution in [2.75, 3.05) is 7.11 Å². The van der Waals surface area contributed by atoms with Gasteiger partial charge in [-0.25, -0.2) is 9.79 Å². The van der Waals surface area contributed by atoms with E-state index in [1.807, 2.05) is 35.7 Å². The number of aliphatic imine (C=N–C) groups is 1. The fraction of sp³-hybridized carbons (Fsp3) is 0.222. The fourth-order valence-corrected chi connectivity index (χ4v) is 3.02. The van der Waals surface area contributed by atoms with Gasteiger partial charge in [0.25, 0.3) is 0 Å². The minimum absolute atomic E-state index is 0.313. The van der Waals surface area contributed by atoms with Crippen molar-refractivity contribution in [3.05, 3.63) is 57.4 Å². The Morgan fingerprint density at radius 2 is 2.13 bits per heavy atom. The van der Waals surface area contributed by atoms with Crippen LogP contribution in [-0.4, -0.2) is 19.0 Å². The number of benzene rings is 1. The van der Waals surface area contributed by atoms with Gasteiger partial charge in [0.15, 0.2) is 5.70 Å². The van der Waals surface area contributed by atoms with Gasteiger partial charge in [-0.2, -0.15) is 0 Å². The van der Waals surface area contributed by atoms with Gasteiger partial charge in [0.05, 0.1) is 12.0 Å². The van der Waals surface area contributed by atoms with E-state index < -0.39 is 5.97 Å². The highest BCUT2D eigenvalue weighted by atomic mass is 32.1. The molecule has 1 aromatic carbocycles. The molecule has 0 atom stereocenters. The Hall–Kier alpha value is -2.40. The normalized spacial score (nSPS) is 15.9. The minimum Gasteiger partial charge on any atom is -0.496 e. The van der Waals surface area contributed by atoms with E-state index in [1.165, 1.54) is 11.3 Å². The number of hydrogen-bond acceptors (Lipinski definition) is 5. The van der Waals surface area contributed by atoms with E-state index in [9.17, 15) is 4.79 Å². The number of carbonyl (C=O) groups excluding carboxylic acids is 1. The van der Waals surface area contributed by atoms with Crippen LogP contribution in [0.3, 0.4) is 0 Å². The molecule has 23 heavy (non-hydrogen) atoms. The molecule has 1 aliphatic rings. The average molecular weight is 327 g/mol. The van der Waals surface area contributed by atoms with Crippen LogP contribution < -0.4 is 4.74 Å². The van der Waals surface area contributed by atoms with Crippen LogP contribution in [0.4, 0.5) is 0 Å². The van der Waals surface area contributed by atoms with E-state index in [0.717, 1.165) is 21.8 Å². The van der Waals surface area contributed by atoms with Crippen molar-refractivity contribution in [3.63, 3.8) is 0 Å². The highest BCUT2D eigenvalue weighted by Gasteiger charge is 2.24. The highest BCUT2D eigenvalue weighted by Crippen LogP contribution is 2.29. The second kappa shape index (κ2) is 6.38. The van der Waals surface area contributed by atoms with Crippen LogP contribution in [-0.2, 0) is 9.53 Å². The Morgan fingerprint density at radius 1 is 1.30 bits per heavy atom. The number of carbonyl (C=O) groups is 1. The van der Waals surface area contributed by atoms with Crippen LogP contribution in [0.2, 0.25) is 0 Å². The molecule has 0 radical (unpaired) electrons. The molecule has 1 aliphatic heterocycles. The third kappa shape index (κ3) is 3.19. The minimum atomic E-state index is -0.421. The summed E-state index contributed by atoms with van der Waals surface area (Å²) in [7, 11) is 1.66. The molecule has 0 N–H and O–H groups in total. The molecule has 2 heterocycles. The fourth-order valence-electron chi connectivity index (χ4n) is 2.37. The monoisotopic (exact) mass is 327 g/mol. The van der Waals surface area contributed by atoms with Crippen LogP contribution in [0.25, 0.3) is 6.08 Å². The Labute approximate surface area is 139 Å². The molecule has 0 spiro atoms. The van der Waals surface area contributed by atoms with Crippen molar-refractivity contribution in [1.82, 2.24) is 0 Å². The summed E-state index contributed by atoms with van der Waals surface area (Å²) in [5, 5.41) is 1.92. The molecule has 0 unspecified atom stereocenters. The molecule has 0 saturated heterocycles. The van der Waals surface area contributed by atoms with Gasteiger partial charge in [0, 0.05) is 0 Å². The predicted octanol–water partition coefficient (Wildman–Crippen LogP) is 4.22. The lowest BCUT2D eigenvalue weighted by molar-refractivity contribution is -0.129. The Morgan fingerprint density at radius 3 is 2.78 bits per heavy atom. The smallest absolute Gasteiger partial charge is 0.363 e. The zero-order valence-electron chi connectivity index (χ0n) is 13.2. The second-order valence-corrected chi connectivity index (χ2v) is 6.42. The summed E-state index contributed by atoms with van der Waals surface area (Å²) < 4.78 is 10.6. The molecule has 0 saturated carbocycles. The Kier molecular flexibility index (Phi) is 4.30. The molecule has 5 heteroatoms. The third-order valence-electron chi connectivity index (χ3n) is 3.53. The molecule has 2 aromatic rings. The Bertz CT molecular complexity index is 789. The predicted molar refractivity (Wildman–Crippen MR) is 92.0 cm³/mol. The molecule has 0 aliphatic carbocycles. The second-order valence-electron chi connectivity index (χ2n) is 5.47. The van der Waals surface area contributed by atoms with Crippen molar-refractivity contribution in [2.24, 2.45) is 4.99 Å². The van der Waals surface area contributed by atoms with Crippen LogP contribution in [0.1, 0.15) is 35.8 Å². The van der Waals surface area contributed by atoms with Crippen LogP contribution >= 0.6 is 11.3 Å². The van der Waals surface area contributed by atoms with Gasteiger partial charge in [0.2, 0.25) is 5.90 Å². The molecule has 3 rings (SSSR count). The maximum Gasteiger partial charge on any atom is 0.363 e. The summed E-state index contributed by atoms with van der Waals surface area (Å²) in [6, 6.07) is 9.61. The first-order chi connectivity index (χ1) is 11.1. The van der Waals surface area contributed by atoms with E-state index in [-0.39, 0.29) is 0 Å². The number of hydrogen-bond donors (Lipinski definition) is 0. The maximum absolute atomic E-state index is 12.0. The number of rotatable bonds is 4. The van der Waals surface area contributed by atoms with Crippen molar-refractivity contribution < 1.29 is 14.3 Å². The van der Waals surface area contributed by atoms with Gasteiger partial charge < -0.3 is 9.47 Å². The molecular weight excluding hydrogens is 310 g/mol. The zero-order valence-corrected chi connectivity index (χ0v) is 14.0. The summed E-state index contributed by atoms with van der Waals surface area (Å²) in [6.45, 7) is 4.21.